The molecule has 1 heterocycles. The van der Waals surface area contributed by atoms with Gasteiger partial charge in [0, 0.05) is 6.07 Å². The maximum atomic E-state index is 12.5. The number of carbonyl (C=O) groups is 2. The van der Waals surface area contributed by atoms with Crippen molar-refractivity contribution in [2.24, 2.45) is 0 Å². The molecule has 8 nitrogen and oxygen atoms in total. The highest BCUT2D eigenvalue weighted by Gasteiger charge is 2.33. The first-order chi connectivity index (χ1) is 12.4. The largest absolute Gasteiger partial charge is 0.501 e. The molecule has 1 aliphatic heterocycles. The molecule has 0 aromatic heterocycles. The summed E-state index contributed by atoms with van der Waals surface area (Å²) >= 11 is 3.03. The van der Waals surface area contributed by atoms with Crippen molar-refractivity contribution in [2.75, 3.05) is 0 Å². The molecule has 3 rings (SSSR count). The van der Waals surface area contributed by atoms with Crippen molar-refractivity contribution in [1.29, 1.82) is 0 Å². The van der Waals surface area contributed by atoms with E-state index >= 15 is 0 Å². The monoisotopic (exact) mass is 417 g/mol. The molecule has 3 amide bonds. The summed E-state index contributed by atoms with van der Waals surface area (Å²) in [6, 6.07) is 11.0. The van der Waals surface area contributed by atoms with Crippen LogP contribution in [0.5, 0.6) is 5.75 Å². The third kappa shape index (κ3) is 3.42. The van der Waals surface area contributed by atoms with E-state index in [1.807, 2.05) is 6.07 Å². The van der Waals surface area contributed by atoms with Crippen LogP contribution in [0.25, 0.3) is 6.08 Å². The number of aromatic hydroxyl groups is 1. The van der Waals surface area contributed by atoms with Crippen LogP contribution in [0.1, 0.15) is 11.1 Å². The van der Waals surface area contributed by atoms with Crippen molar-refractivity contribution in [2.45, 2.75) is 6.54 Å². The summed E-state index contributed by atoms with van der Waals surface area (Å²) in [5.41, 5.74) is 0.564. The lowest BCUT2D eigenvalue weighted by Gasteiger charge is -2.11. The maximum Gasteiger partial charge on any atom is 0.329 e. The number of imide groups is 1. The Bertz CT molecular complexity index is 943. The van der Waals surface area contributed by atoms with E-state index in [1.54, 1.807) is 24.3 Å². The van der Waals surface area contributed by atoms with E-state index in [1.165, 1.54) is 12.1 Å². The maximum absolute atomic E-state index is 12.5. The molecule has 0 unspecified atom stereocenters. The molecule has 0 saturated carbocycles. The Kier molecular flexibility index (Phi) is 4.72. The van der Waals surface area contributed by atoms with E-state index in [0.29, 0.717) is 0 Å². The predicted molar refractivity (Wildman–Crippen MR) is 96.0 cm³/mol. The van der Waals surface area contributed by atoms with Crippen molar-refractivity contribution >= 4 is 39.6 Å². The van der Waals surface area contributed by atoms with E-state index in [2.05, 4.69) is 21.2 Å². The minimum absolute atomic E-state index is 0.00202. The highest BCUT2D eigenvalue weighted by molar-refractivity contribution is 9.10. The summed E-state index contributed by atoms with van der Waals surface area (Å²) in [6.45, 7) is 0.113. The molecule has 2 aromatic carbocycles. The van der Waals surface area contributed by atoms with E-state index in [-0.39, 0.29) is 22.3 Å². The van der Waals surface area contributed by atoms with Gasteiger partial charge in [-0.3, -0.25) is 19.8 Å². The SMILES string of the molecule is O=C1N/C(=C/c2cc(Br)c(O)c([N+](=O)[O-])c2)C(=O)N1Cc1ccccc1. The van der Waals surface area contributed by atoms with Crippen LogP contribution in [0.2, 0.25) is 0 Å². The fourth-order valence-electron chi connectivity index (χ4n) is 2.48. The quantitative estimate of drug-likeness (QED) is 0.343. The fourth-order valence-corrected chi connectivity index (χ4v) is 2.94. The lowest BCUT2D eigenvalue weighted by Crippen LogP contribution is -2.30. The van der Waals surface area contributed by atoms with Gasteiger partial charge < -0.3 is 10.4 Å². The molecule has 1 aliphatic rings. The molecule has 26 heavy (non-hydrogen) atoms. The summed E-state index contributed by atoms with van der Waals surface area (Å²) in [6.07, 6.45) is 1.32. The first kappa shape index (κ1) is 17.6. The summed E-state index contributed by atoms with van der Waals surface area (Å²) < 4.78 is 0.108. The first-order valence-corrected chi connectivity index (χ1v) is 8.21. The minimum atomic E-state index is -0.737. The van der Waals surface area contributed by atoms with E-state index < -0.39 is 28.3 Å². The van der Waals surface area contributed by atoms with Gasteiger partial charge in [0.2, 0.25) is 5.75 Å². The number of hydrogen-bond donors (Lipinski definition) is 2. The molecule has 132 valence electrons. The standard InChI is InChI=1S/C17H12BrN3O5/c18-12-6-11(8-14(15(12)22)21(25)26)7-13-16(23)20(17(24)19-13)9-10-4-2-1-3-5-10/h1-8,22H,9H2,(H,19,24)/b13-7+. The van der Waals surface area contributed by atoms with Gasteiger partial charge in [0.15, 0.2) is 0 Å². The van der Waals surface area contributed by atoms with Gasteiger partial charge in [0.1, 0.15) is 5.70 Å². The van der Waals surface area contributed by atoms with Crippen LogP contribution in [0.4, 0.5) is 10.5 Å². The Hall–Kier alpha value is -3.20. The summed E-state index contributed by atoms with van der Waals surface area (Å²) in [7, 11) is 0. The molecule has 9 heteroatoms. The number of benzene rings is 2. The van der Waals surface area contributed by atoms with Gasteiger partial charge in [-0.25, -0.2) is 4.79 Å². The minimum Gasteiger partial charge on any atom is -0.501 e. The zero-order valence-corrected chi connectivity index (χ0v) is 14.8. The number of hydrogen-bond acceptors (Lipinski definition) is 5. The van der Waals surface area contributed by atoms with Gasteiger partial charge >= 0.3 is 11.7 Å². The van der Waals surface area contributed by atoms with Gasteiger partial charge in [0.05, 0.1) is 15.9 Å². The van der Waals surface area contributed by atoms with Crippen LogP contribution in [0.15, 0.2) is 52.6 Å². The molecule has 1 saturated heterocycles. The smallest absolute Gasteiger partial charge is 0.329 e. The first-order valence-electron chi connectivity index (χ1n) is 7.42. The van der Waals surface area contributed by atoms with Crippen molar-refractivity contribution in [3.8, 4) is 5.75 Å². The molecule has 2 N–H and O–H groups in total. The number of phenolic OH excluding ortho intramolecular Hbond substituents is 1. The second-order valence-corrected chi connectivity index (χ2v) is 6.35. The third-order valence-corrected chi connectivity index (χ3v) is 4.32. The van der Waals surface area contributed by atoms with E-state index in [4.69, 9.17) is 0 Å². The average molecular weight is 418 g/mol. The number of amides is 3. The molecule has 2 aromatic rings. The molecule has 1 fully saturated rings. The Balaban J connectivity index is 1.90. The van der Waals surface area contributed by atoms with Crippen LogP contribution in [-0.4, -0.2) is 26.9 Å². The van der Waals surface area contributed by atoms with Crippen LogP contribution in [-0.2, 0) is 11.3 Å². The van der Waals surface area contributed by atoms with Crippen LogP contribution >= 0.6 is 15.9 Å². The number of nitro benzene ring substituents is 1. The Morgan fingerprint density at radius 1 is 1.23 bits per heavy atom. The number of nitrogens with zero attached hydrogens (tertiary/aromatic N) is 2. The number of rotatable bonds is 4. The van der Waals surface area contributed by atoms with Crippen molar-refractivity contribution in [3.63, 3.8) is 0 Å². The average Bonchev–Trinajstić information content (AvgIpc) is 2.86. The van der Waals surface area contributed by atoms with Crippen LogP contribution < -0.4 is 5.32 Å². The summed E-state index contributed by atoms with van der Waals surface area (Å²) in [4.78, 5) is 35.9. The Labute approximate surface area is 156 Å². The molecule has 0 aliphatic carbocycles. The van der Waals surface area contributed by atoms with Crippen LogP contribution in [0, 0.1) is 10.1 Å². The summed E-state index contributed by atoms with van der Waals surface area (Å²) in [5.74, 6) is -1.05. The Morgan fingerprint density at radius 2 is 1.92 bits per heavy atom. The van der Waals surface area contributed by atoms with Gasteiger partial charge in [-0.15, -0.1) is 0 Å². The lowest BCUT2D eigenvalue weighted by atomic mass is 10.1. The van der Waals surface area contributed by atoms with Gasteiger partial charge in [-0.1, -0.05) is 30.3 Å². The fraction of sp³-hybridized carbons (Fsp3) is 0.0588. The number of nitro groups is 1. The molecule has 0 atom stereocenters. The predicted octanol–water partition coefficient (Wildman–Crippen LogP) is 3.16. The summed E-state index contributed by atoms with van der Waals surface area (Å²) in [5, 5.41) is 23.1. The van der Waals surface area contributed by atoms with Gasteiger partial charge in [-0.05, 0) is 39.2 Å². The third-order valence-electron chi connectivity index (χ3n) is 3.72. The van der Waals surface area contributed by atoms with Gasteiger partial charge in [-0.2, -0.15) is 0 Å². The van der Waals surface area contributed by atoms with E-state index in [9.17, 15) is 24.8 Å². The number of urea groups is 1. The van der Waals surface area contributed by atoms with Crippen molar-refractivity contribution in [3.05, 3.63) is 73.9 Å². The zero-order valence-electron chi connectivity index (χ0n) is 13.2. The molecule has 0 bridgehead atoms. The van der Waals surface area contributed by atoms with Crippen LogP contribution in [0.3, 0.4) is 0 Å². The number of phenols is 1. The molecular formula is C17H12BrN3O5. The zero-order chi connectivity index (χ0) is 18.8. The molecular weight excluding hydrogens is 406 g/mol. The second kappa shape index (κ2) is 6.96. The van der Waals surface area contributed by atoms with E-state index in [0.717, 1.165) is 16.5 Å². The number of nitrogens with one attached hydrogen (secondary N) is 1. The number of halogens is 1. The Morgan fingerprint density at radius 3 is 2.58 bits per heavy atom. The second-order valence-electron chi connectivity index (χ2n) is 5.49. The lowest BCUT2D eigenvalue weighted by molar-refractivity contribution is -0.386. The topological polar surface area (TPSA) is 113 Å². The van der Waals surface area contributed by atoms with Gasteiger partial charge in [0.25, 0.3) is 5.91 Å². The highest BCUT2D eigenvalue weighted by atomic mass is 79.9. The molecule has 0 spiro atoms. The molecule has 0 radical (unpaired) electrons. The van der Waals surface area contributed by atoms with Crippen molar-refractivity contribution in [1.82, 2.24) is 10.2 Å². The highest BCUT2D eigenvalue weighted by Crippen LogP contribution is 2.35. The van der Waals surface area contributed by atoms with Crippen molar-refractivity contribution < 1.29 is 19.6 Å². The number of carbonyl (C=O) groups excluding carboxylic acids is 2. The normalized spacial score (nSPS) is 15.4.